The summed E-state index contributed by atoms with van der Waals surface area (Å²) in [5, 5.41) is 12.2. The molecule has 1 heterocycles. The molecular formula is C21H23N3O2S2. The standard InChI is InChI=1S/C21H23N3O2S2/c1-4-14(2)15-5-7-16(8-6-15)19(25)13-27-21-24-23-20(28-21)22-17-9-11-18(26-3)12-10-17/h5-12,14H,4,13H2,1-3H3,(H,22,23)/t14-/m1/s1. The van der Waals surface area contributed by atoms with Crippen molar-refractivity contribution in [2.45, 2.75) is 30.5 Å². The summed E-state index contributed by atoms with van der Waals surface area (Å²) in [6.45, 7) is 4.36. The number of carbonyl (C=O) groups excluding carboxylic acids is 1. The molecule has 0 unspecified atom stereocenters. The monoisotopic (exact) mass is 413 g/mol. The van der Waals surface area contributed by atoms with E-state index in [0.717, 1.165) is 27.8 Å². The summed E-state index contributed by atoms with van der Waals surface area (Å²) < 4.78 is 5.91. The topological polar surface area (TPSA) is 64.1 Å². The van der Waals surface area contributed by atoms with Gasteiger partial charge >= 0.3 is 0 Å². The van der Waals surface area contributed by atoms with Crippen LogP contribution in [0.1, 0.15) is 42.1 Å². The number of anilines is 2. The number of thioether (sulfide) groups is 1. The number of benzene rings is 2. The van der Waals surface area contributed by atoms with Gasteiger partial charge in [0, 0.05) is 11.3 Å². The highest BCUT2D eigenvalue weighted by molar-refractivity contribution is 8.01. The van der Waals surface area contributed by atoms with E-state index in [1.807, 2.05) is 48.5 Å². The Morgan fingerprint density at radius 1 is 1.14 bits per heavy atom. The Kier molecular flexibility index (Phi) is 7.06. The molecule has 28 heavy (non-hydrogen) atoms. The number of Topliss-reactive ketones (excluding diaryl/α,β-unsaturated/α-hetero) is 1. The molecule has 0 aliphatic carbocycles. The fourth-order valence-electron chi connectivity index (χ4n) is 2.56. The largest absolute Gasteiger partial charge is 0.497 e. The van der Waals surface area contributed by atoms with Gasteiger partial charge in [0.1, 0.15) is 5.75 Å². The minimum Gasteiger partial charge on any atom is -0.497 e. The predicted molar refractivity (Wildman–Crippen MR) is 116 cm³/mol. The zero-order valence-corrected chi connectivity index (χ0v) is 17.8. The van der Waals surface area contributed by atoms with Crippen molar-refractivity contribution in [2.24, 2.45) is 0 Å². The molecule has 1 atom stereocenters. The second-order valence-corrected chi connectivity index (χ2v) is 8.57. The third kappa shape index (κ3) is 5.33. The smallest absolute Gasteiger partial charge is 0.210 e. The first-order chi connectivity index (χ1) is 13.6. The van der Waals surface area contributed by atoms with E-state index in [9.17, 15) is 4.79 Å². The lowest BCUT2D eigenvalue weighted by Crippen LogP contribution is -2.02. The summed E-state index contributed by atoms with van der Waals surface area (Å²) in [5.74, 6) is 1.76. The van der Waals surface area contributed by atoms with Crippen LogP contribution in [0.5, 0.6) is 5.75 Å². The maximum atomic E-state index is 12.4. The Labute approximate surface area is 173 Å². The quantitative estimate of drug-likeness (QED) is 0.354. The minimum absolute atomic E-state index is 0.0977. The Hall–Kier alpha value is -2.38. The number of nitrogens with one attached hydrogen (secondary N) is 1. The van der Waals surface area contributed by atoms with Crippen LogP contribution < -0.4 is 10.1 Å². The first-order valence-electron chi connectivity index (χ1n) is 9.09. The highest BCUT2D eigenvalue weighted by Crippen LogP contribution is 2.29. The molecule has 0 bridgehead atoms. The Morgan fingerprint density at radius 2 is 1.86 bits per heavy atom. The molecule has 0 radical (unpaired) electrons. The molecule has 0 aliphatic rings. The number of hydrogen-bond acceptors (Lipinski definition) is 7. The first kappa shape index (κ1) is 20.4. The molecule has 7 heteroatoms. The van der Waals surface area contributed by atoms with E-state index in [2.05, 4.69) is 29.4 Å². The van der Waals surface area contributed by atoms with E-state index in [0.29, 0.717) is 16.8 Å². The number of carbonyl (C=O) groups is 1. The van der Waals surface area contributed by atoms with Crippen LogP contribution in [0.15, 0.2) is 52.9 Å². The molecule has 0 saturated heterocycles. The molecule has 0 spiro atoms. The number of hydrogen-bond donors (Lipinski definition) is 1. The van der Waals surface area contributed by atoms with Gasteiger partial charge in [-0.3, -0.25) is 4.79 Å². The zero-order chi connectivity index (χ0) is 19.9. The fourth-order valence-corrected chi connectivity index (χ4v) is 4.23. The van der Waals surface area contributed by atoms with Crippen LogP contribution in [0.4, 0.5) is 10.8 Å². The van der Waals surface area contributed by atoms with E-state index in [1.54, 1.807) is 7.11 Å². The Bertz CT molecular complexity index is 908. The molecule has 1 aromatic heterocycles. The van der Waals surface area contributed by atoms with Crippen molar-refractivity contribution in [3.8, 4) is 5.75 Å². The van der Waals surface area contributed by atoms with Crippen LogP contribution in [0.25, 0.3) is 0 Å². The van der Waals surface area contributed by atoms with E-state index >= 15 is 0 Å². The van der Waals surface area contributed by atoms with Crippen LogP contribution in [-0.4, -0.2) is 28.8 Å². The molecular weight excluding hydrogens is 390 g/mol. The molecule has 0 aliphatic heterocycles. The molecule has 3 rings (SSSR count). The summed E-state index contributed by atoms with van der Waals surface area (Å²) in [4.78, 5) is 12.4. The van der Waals surface area contributed by atoms with Crippen LogP contribution >= 0.6 is 23.1 Å². The van der Waals surface area contributed by atoms with Crippen molar-refractivity contribution in [3.63, 3.8) is 0 Å². The summed E-state index contributed by atoms with van der Waals surface area (Å²) in [7, 11) is 1.64. The number of aromatic nitrogens is 2. The third-order valence-corrected chi connectivity index (χ3v) is 6.46. The van der Waals surface area contributed by atoms with Crippen LogP contribution in [0.2, 0.25) is 0 Å². The lowest BCUT2D eigenvalue weighted by Gasteiger charge is -2.09. The summed E-state index contributed by atoms with van der Waals surface area (Å²) in [6.07, 6.45) is 1.09. The molecule has 5 nitrogen and oxygen atoms in total. The second-order valence-electron chi connectivity index (χ2n) is 6.37. The number of ether oxygens (including phenoxy) is 1. The average Bonchev–Trinajstić information content (AvgIpc) is 3.19. The van der Waals surface area contributed by atoms with Gasteiger partial charge in [-0.05, 0) is 42.2 Å². The lowest BCUT2D eigenvalue weighted by atomic mass is 9.97. The highest BCUT2D eigenvalue weighted by atomic mass is 32.2. The number of nitrogens with zero attached hydrogens (tertiary/aromatic N) is 2. The normalized spacial score (nSPS) is 11.8. The van der Waals surface area contributed by atoms with Crippen molar-refractivity contribution < 1.29 is 9.53 Å². The molecule has 146 valence electrons. The van der Waals surface area contributed by atoms with E-state index in [-0.39, 0.29) is 5.78 Å². The van der Waals surface area contributed by atoms with E-state index in [4.69, 9.17) is 4.74 Å². The Balaban J connectivity index is 1.54. The zero-order valence-electron chi connectivity index (χ0n) is 16.1. The maximum Gasteiger partial charge on any atom is 0.210 e. The Morgan fingerprint density at radius 3 is 2.50 bits per heavy atom. The maximum absolute atomic E-state index is 12.4. The van der Waals surface area contributed by atoms with Gasteiger partial charge in [0.2, 0.25) is 5.13 Å². The van der Waals surface area contributed by atoms with Crippen molar-refractivity contribution in [2.75, 3.05) is 18.2 Å². The average molecular weight is 414 g/mol. The van der Waals surface area contributed by atoms with Crippen LogP contribution in [-0.2, 0) is 0 Å². The van der Waals surface area contributed by atoms with Gasteiger partial charge in [-0.15, -0.1) is 10.2 Å². The number of ketones is 1. The first-order valence-corrected chi connectivity index (χ1v) is 10.9. The molecule has 3 aromatic rings. The summed E-state index contributed by atoms with van der Waals surface area (Å²) in [5.41, 5.74) is 2.91. The van der Waals surface area contributed by atoms with Crippen molar-refractivity contribution in [3.05, 3.63) is 59.7 Å². The third-order valence-electron chi connectivity index (χ3n) is 4.49. The van der Waals surface area contributed by atoms with Gasteiger partial charge in [-0.2, -0.15) is 0 Å². The van der Waals surface area contributed by atoms with Gasteiger partial charge in [0.05, 0.1) is 12.9 Å². The second kappa shape index (κ2) is 9.71. The predicted octanol–water partition coefficient (Wildman–Crippen LogP) is 5.78. The van der Waals surface area contributed by atoms with Gasteiger partial charge in [0.25, 0.3) is 0 Å². The van der Waals surface area contributed by atoms with Crippen LogP contribution in [0, 0.1) is 0 Å². The number of rotatable bonds is 9. The van der Waals surface area contributed by atoms with Crippen LogP contribution in [0.3, 0.4) is 0 Å². The molecule has 0 saturated carbocycles. The van der Waals surface area contributed by atoms with E-state index < -0.39 is 0 Å². The lowest BCUT2D eigenvalue weighted by molar-refractivity contribution is 0.102. The molecule has 0 amide bonds. The minimum atomic E-state index is 0.0977. The summed E-state index contributed by atoms with van der Waals surface area (Å²) in [6, 6.07) is 15.5. The van der Waals surface area contributed by atoms with Crippen molar-refractivity contribution in [1.82, 2.24) is 10.2 Å². The molecule has 2 aromatic carbocycles. The number of methoxy groups -OCH3 is 1. The van der Waals surface area contributed by atoms with Gasteiger partial charge < -0.3 is 10.1 Å². The van der Waals surface area contributed by atoms with Gasteiger partial charge in [-0.1, -0.05) is 61.2 Å². The SMILES string of the molecule is CC[C@@H](C)c1ccc(C(=O)CSc2nnc(Nc3ccc(OC)cc3)s2)cc1. The van der Waals surface area contributed by atoms with Gasteiger partial charge in [0.15, 0.2) is 10.1 Å². The molecule has 1 N–H and O–H groups in total. The van der Waals surface area contributed by atoms with Gasteiger partial charge in [-0.25, -0.2) is 0 Å². The fraction of sp³-hybridized carbons (Fsp3) is 0.286. The summed E-state index contributed by atoms with van der Waals surface area (Å²) >= 11 is 2.84. The highest BCUT2D eigenvalue weighted by Gasteiger charge is 2.11. The van der Waals surface area contributed by atoms with E-state index in [1.165, 1.54) is 28.7 Å². The molecule has 0 fully saturated rings. The van der Waals surface area contributed by atoms with Crippen molar-refractivity contribution in [1.29, 1.82) is 0 Å². The van der Waals surface area contributed by atoms with Crippen molar-refractivity contribution >= 4 is 39.7 Å².